The molecule has 1 aromatic rings. The molecule has 1 fully saturated rings. The Labute approximate surface area is 90.3 Å². The van der Waals surface area contributed by atoms with E-state index >= 15 is 0 Å². The molecule has 14 heavy (non-hydrogen) atoms. The second-order valence-corrected chi connectivity index (χ2v) is 4.33. The van der Waals surface area contributed by atoms with Crippen molar-refractivity contribution in [3.05, 3.63) is 28.0 Å². The number of aromatic hydroxyl groups is 1. The lowest BCUT2D eigenvalue weighted by molar-refractivity contribution is 0.450. The molecule has 0 aromatic heterocycles. The summed E-state index contributed by atoms with van der Waals surface area (Å²) in [5.41, 5.74) is 0.648. The highest BCUT2D eigenvalue weighted by atomic mass is 79.9. The first-order valence-electron chi connectivity index (χ1n) is 4.60. The largest absolute Gasteiger partial charge is 0.506 e. The molecule has 1 aromatic carbocycles. The van der Waals surface area contributed by atoms with Gasteiger partial charge in [0.25, 0.3) is 0 Å². The zero-order valence-corrected chi connectivity index (χ0v) is 9.14. The van der Waals surface area contributed by atoms with Crippen LogP contribution in [0, 0.1) is 5.82 Å². The third-order valence-corrected chi connectivity index (χ3v) is 3.10. The van der Waals surface area contributed by atoms with E-state index in [-0.39, 0.29) is 17.6 Å². The van der Waals surface area contributed by atoms with Crippen molar-refractivity contribution in [2.75, 3.05) is 6.54 Å². The predicted molar refractivity (Wildman–Crippen MR) is 55.7 cm³/mol. The normalized spacial score (nSPS) is 21.4. The Balaban J connectivity index is 2.40. The van der Waals surface area contributed by atoms with Crippen LogP contribution in [0.15, 0.2) is 16.6 Å². The van der Waals surface area contributed by atoms with Crippen LogP contribution in [0.3, 0.4) is 0 Å². The molecule has 1 aliphatic heterocycles. The number of hydrogen-bond acceptors (Lipinski definition) is 2. The Bertz CT molecular complexity index is 350. The molecule has 2 nitrogen and oxygen atoms in total. The number of halogens is 2. The Morgan fingerprint density at radius 2 is 2.29 bits per heavy atom. The van der Waals surface area contributed by atoms with E-state index in [4.69, 9.17) is 0 Å². The van der Waals surface area contributed by atoms with Crippen molar-refractivity contribution in [2.45, 2.75) is 18.9 Å². The Morgan fingerprint density at radius 3 is 2.93 bits per heavy atom. The maximum atomic E-state index is 13.1. The molecule has 0 aliphatic carbocycles. The standard InChI is InChI=1S/C10H11BrFNO/c11-8-5-6(12)4-7(10(8)14)9-2-1-3-13-9/h4-5,9,13-14H,1-3H2. The minimum atomic E-state index is -0.321. The fourth-order valence-corrected chi connectivity index (χ4v) is 2.25. The molecule has 0 amide bonds. The molecule has 0 radical (unpaired) electrons. The predicted octanol–water partition coefficient (Wildman–Crippen LogP) is 2.72. The van der Waals surface area contributed by atoms with E-state index in [1.165, 1.54) is 12.1 Å². The molecule has 1 unspecified atom stereocenters. The molecule has 76 valence electrons. The van der Waals surface area contributed by atoms with E-state index in [1.807, 2.05) is 0 Å². The second kappa shape index (κ2) is 3.87. The third kappa shape index (κ3) is 1.77. The number of nitrogens with one attached hydrogen (secondary N) is 1. The van der Waals surface area contributed by atoms with Crippen LogP contribution in [0.25, 0.3) is 0 Å². The van der Waals surface area contributed by atoms with Gasteiger partial charge in [-0.05, 0) is 47.4 Å². The van der Waals surface area contributed by atoms with Gasteiger partial charge in [-0.3, -0.25) is 0 Å². The average molecular weight is 260 g/mol. The minimum absolute atomic E-state index is 0.0852. The van der Waals surface area contributed by atoms with Gasteiger partial charge in [0.1, 0.15) is 11.6 Å². The van der Waals surface area contributed by atoms with Crippen molar-refractivity contribution in [3.63, 3.8) is 0 Å². The second-order valence-electron chi connectivity index (χ2n) is 3.47. The zero-order chi connectivity index (χ0) is 10.1. The van der Waals surface area contributed by atoms with Crippen LogP contribution in [-0.2, 0) is 0 Å². The Kier molecular flexibility index (Phi) is 2.74. The van der Waals surface area contributed by atoms with Crippen molar-refractivity contribution in [1.82, 2.24) is 5.32 Å². The smallest absolute Gasteiger partial charge is 0.134 e. The summed E-state index contributed by atoms with van der Waals surface area (Å²) in [6.45, 7) is 0.929. The van der Waals surface area contributed by atoms with Crippen LogP contribution in [0.5, 0.6) is 5.75 Å². The van der Waals surface area contributed by atoms with Crippen molar-refractivity contribution in [3.8, 4) is 5.75 Å². The van der Waals surface area contributed by atoms with Crippen LogP contribution in [-0.4, -0.2) is 11.7 Å². The Morgan fingerprint density at radius 1 is 1.50 bits per heavy atom. The maximum absolute atomic E-state index is 13.1. The summed E-state index contributed by atoms with van der Waals surface area (Å²) in [5.74, 6) is -0.177. The molecular weight excluding hydrogens is 249 g/mol. The molecule has 2 rings (SSSR count). The van der Waals surface area contributed by atoms with E-state index in [0.29, 0.717) is 10.0 Å². The summed E-state index contributed by atoms with van der Waals surface area (Å²) in [7, 11) is 0. The highest BCUT2D eigenvalue weighted by molar-refractivity contribution is 9.10. The Hall–Kier alpha value is -0.610. The van der Waals surface area contributed by atoms with Crippen molar-refractivity contribution < 1.29 is 9.50 Å². The van der Waals surface area contributed by atoms with Crippen LogP contribution in [0.1, 0.15) is 24.4 Å². The van der Waals surface area contributed by atoms with Crippen molar-refractivity contribution >= 4 is 15.9 Å². The zero-order valence-electron chi connectivity index (χ0n) is 7.56. The van der Waals surface area contributed by atoms with Gasteiger partial charge in [0.05, 0.1) is 4.47 Å². The molecule has 1 atom stereocenters. The average Bonchev–Trinajstić information content (AvgIpc) is 2.63. The van der Waals surface area contributed by atoms with Crippen LogP contribution in [0.2, 0.25) is 0 Å². The first-order chi connectivity index (χ1) is 6.68. The quantitative estimate of drug-likeness (QED) is 0.813. The van der Waals surface area contributed by atoms with Gasteiger partial charge in [-0.25, -0.2) is 4.39 Å². The molecule has 0 bridgehead atoms. The first-order valence-corrected chi connectivity index (χ1v) is 5.39. The molecule has 0 spiro atoms. The molecule has 0 saturated carbocycles. The molecule has 1 aliphatic rings. The van der Waals surface area contributed by atoms with E-state index in [9.17, 15) is 9.50 Å². The van der Waals surface area contributed by atoms with Gasteiger partial charge in [0.15, 0.2) is 0 Å². The van der Waals surface area contributed by atoms with Gasteiger partial charge < -0.3 is 10.4 Å². The molecular formula is C10H11BrFNO. The minimum Gasteiger partial charge on any atom is -0.506 e. The number of phenols is 1. The summed E-state index contributed by atoms with van der Waals surface area (Å²) in [4.78, 5) is 0. The highest BCUT2D eigenvalue weighted by Gasteiger charge is 2.21. The van der Waals surface area contributed by atoms with Gasteiger partial charge in [0.2, 0.25) is 0 Å². The summed E-state index contributed by atoms with van der Waals surface area (Å²) < 4.78 is 13.5. The van der Waals surface area contributed by atoms with Crippen molar-refractivity contribution in [2.24, 2.45) is 0 Å². The number of benzene rings is 1. The monoisotopic (exact) mass is 259 g/mol. The summed E-state index contributed by atoms with van der Waals surface area (Å²) in [6.07, 6.45) is 2.02. The number of phenolic OH excluding ortho intramolecular Hbond substituents is 1. The van der Waals surface area contributed by atoms with E-state index < -0.39 is 0 Å². The summed E-state index contributed by atoms with van der Waals surface area (Å²) >= 11 is 3.13. The lowest BCUT2D eigenvalue weighted by Crippen LogP contribution is -2.13. The number of hydrogen-bond donors (Lipinski definition) is 2. The van der Waals surface area contributed by atoms with Crippen molar-refractivity contribution in [1.29, 1.82) is 0 Å². The molecule has 1 heterocycles. The van der Waals surface area contributed by atoms with Gasteiger partial charge in [0, 0.05) is 11.6 Å². The van der Waals surface area contributed by atoms with Gasteiger partial charge in [-0.15, -0.1) is 0 Å². The molecule has 4 heteroatoms. The third-order valence-electron chi connectivity index (χ3n) is 2.49. The van der Waals surface area contributed by atoms with Gasteiger partial charge >= 0.3 is 0 Å². The first kappa shape index (κ1) is 9.93. The van der Waals surface area contributed by atoms with Crippen LogP contribution < -0.4 is 5.32 Å². The maximum Gasteiger partial charge on any atom is 0.134 e. The number of rotatable bonds is 1. The van der Waals surface area contributed by atoms with Gasteiger partial charge in [-0.2, -0.15) is 0 Å². The lowest BCUT2D eigenvalue weighted by atomic mass is 10.0. The van der Waals surface area contributed by atoms with Crippen LogP contribution in [0.4, 0.5) is 4.39 Å². The molecule has 2 N–H and O–H groups in total. The van der Waals surface area contributed by atoms with Crippen LogP contribution >= 0.6 is 15.9 Å². The van der Waals surface area contributed by atoms with Gasteiger partial charge in [-0.1, -0.05) is 0 Å². The fraction of sp³-hybridized carbons (Fsp3) is 0.400. The van der Waals surface area contributed by atoms with E-state index in [2.05, 4.69) is 21.2 Å². The SMILES string of the molecule is Oc1c(Br)cc(F)cc1C1CCCN1. The highest BCUT2D eigenvalue weighted by Crippen LogP contribution is 2.36. The van der Waals surface area contributed by atoms with E-state index in [0.717, 1.165) is 19.4 Å². The molecule has 1 saturated heterocycles. The van der Waals surface area contributed by atoms with E-state index in [1.54, 1.807) is 0 Å². The summed E-state index contributed by atoms with van der Waals surface area (Å²) in [5, 5.41) is 12.9. The fourth-order valence-electron chi connectivity index (χ4n) is 1.80. The topological polar surface area (TPSA) is 32.3 Å². The summed E-state index contributed by atoms with van der Waals surface area (Å²) in [6, 6.07) is 2.75. The lowest BCUT2D eigenvalue weighted by Gasteiger charge is -2.13.